The van der Waals surface area contributed by atoms with Gasteiger partial charge in [0.2, 0.25) is 0 Å². The van der Waals surface area contributed by atoms with E-state index in [1.165, 1.54) is 0 Å². The van der Waals surface area contributed by atoms with Gasteiger partial charge in [-0.3, -0.25) is 0 Å². The molecule has 0 amide bonds. The van der Waals surface area contributed by atoms with Gasteiger partial charge in [-0.2, -0.15) is 5.26 Å². The Kier molecular flexibility index (Phi) is 5.35. The molecule has 0 aliphatic heterocycles. The minimum Gasteiger partial charge on any atom is -0.493 e. The van der Waals surface area contributed by atoms with Crippen LogP contribution in [0.2, 0.25) is 0 Å². The molecule has 0 fully saturated rings. The molecule has 0 bridgehead atoms. The van der Waals surface area contributed by atoms with Gasteiger partial charge in [0, 0.05) is 5.56 Å². The zero-order chi connectivity index (χ0) is 12.7. The third kappa shape index (κ3) is 3.13. The molecule has 0 saturated heterocycles. The van der Waals surface area contributed by atoms with Crippen molar-refractivity contribution in [2.75, 3.05) is 14.2 Å². The number of hydrogen-bond donors (Lipinski definition) is 0. The van der Waals surface area contributed by atoms with Crippen LogP contribution in [0.5, 0.6) is 11.5 Å². The first-order valence-electron chi connectivity index (χ1n) is 5.89. The SMILES string of the molecule is CCCCC(C#N)c1cccc(OC)c1OC. The Balaban J connectivity index is 3.06. The van der Waals surface area contributed by atoms with E-state index in [2.05, 4.69) is 13.0 Å². The summed E-state index contributed by atoms with van der Waals surface area (Å²) < 4.78 is 10.6. The number of para-hydroxylation sites is 1. The second-order valence-electron chi connectivity index (χ2n) is 3.91. The normalized spacial score (nSPS) is 11.6. The van der Waals surface area contributed by atoms with Crippen molar-refractivity contribution in [1.29, 1.82) is 5.26 Å². The van der Waals surface area contributed by atoms with Gasteiger partial charge in [0.25, 0.3) is 0 Å². The predicted molar refractivity (Wildman–Crippen MR) is 67.4 cm³/mol. The van der Waals surface area contributed by atoms with Crippen LogP contribution in [0.4, 0.5) is 0 Å². The first-order chi connectivity index (χ1) is 8.28. The zero-order valence-electron chi connectivity index (χ0n) is 10.7. The highest BCUT2D eigenvalue weighted by molar-refractivity contribution is 5.49. The summed E-state index contributed by atoms with van der Waals surface area (Å²) in [6.45, 7) is 2.12. The average molecular weight is 233 g/mol. The Morgan fingerprint density at radius 2 is 2.06 bits per heavy atom. The lowest BCUT2D eigenvalue weighted by Gasteiger charge is -2.15. The van der Waals surface area contributed by atoms with Gasteiger partial charge in [0.1, 0.15) is 0 Å². The van der Waals surface area contributed by atoms with E-state index in [4.69, 9.17) is 9.47 Å². The largest absolute Gasteiger partial charge is 0.493 e. The van der Waals surface area contributed by atoms with Gasteiger partial charge >= 0.3 is 0 Å². The zero-order valence-corrected chi connectivity index (χ0v) is 10.7. The van der Waals surface area contributed by atoms with Gasteiger partial charge in [0.15, 0.2) is 11.5 Å². The van der Waals surface area contributed by atoms with E-state index in [1.54, 1.807) is 14.2 Å². The Morgan fingerprint density at radius 1 is 1.29 bits per heavy atom. The smallest absolute Gasteiger partial charge is 0.165 e. The van der Waals surface area contributed by atoms with Crippen molar-refractivity contribution in [3.63, 3.8) is 0 Å². The highest BCUT2D eigenvalue weighted by atomic mass is 16.5. The van der Waals surface area contributed by atoms with Gasteiger partial charge in [0.05, 0.1) is 26.2 Å². The number of unbranched alkanes of at least 4 members (excludes halogenated alkanes) is 1. The maximum atomic E-state index is 9.24. The van der Waals surface area contributed by atoms with Crippen LogP contribution in [0, 0.1) is 11.3 Å². The second-order valence-corrected chi connectivity index (χ2v) is 3.91. The van der Waals surface area contributed by atoms with Crippen molar-refractivity contribution < 1.29 is 9.47 Å². The number of methoxy groups -OCH3 is 2. The standard InChI is InChI=1S/C14H19NO2/c1-4-5-7-11(10-15)12-8-6-9-13(16-2)14(12)17-3/h6,8-9,11H,4-5,7H2,1-3H3. The van der Waals surface area contributed by atoms with Crippen molar-refractivity contribution in [2.24, 2.45) is 0 Å². The summed E-state index contributed by atoms with van der Waals surface area (Å²) in [5.74, 6) is 1.24. The number of benzene rings is 1. The van der Waals surface area contributed by atoms with Crippen molar-refractivity contribution in [1.82, 2.24) is 0 Å². The molecule has 1 rings (SSSR count). The molecule has 1 unspecified atom stereocenters. The molecule has 1 aromatic rings. The van der Waals surface area contributed by atoms with Crippen molar-refractivity contribution in [3.8, 4) is 17.6 Å². The van der Waals surface area contributed by atoms with E-state index >= 15 is 0 Å². The Bertz CT molecular complexity index is 396. The summed E-state index contributed by atoms with van der Waals surface area (Å²) in [6.07, 6.45) is 2.99. The van der Waals surface area contributed by atoms with Crippen LogP contribution in [0.3, 0.4) is 0 Å². The third-order valence-electron chi connectivity index (χ3n) is 2.81. The van der Waals surface area contributed by atoms with Crippen LogP contribution in [0.1, 0.15) is 37.7 Å². The summed E-state index contributed by atoms with van der Waals surface area (Å²) in [5.41, 5.74) is 0.919. The lowest BCUT2D eigenvalue weighted by Crippen LogP contribution is -2.01. The van der Waals surface area contributed by atoms with Gasteiger partial charge in [-0.05, 0) is 12.5 Å². The third-order valence-corrected chi connectivity index (χ3v) is 2.81. The van der Waals surface area contributed by atoms with E-state index < -0.39 is 0 Å². The van der Waals surface area contributed by atoms with Crippen LogP contribution in [0.15, 0.2) is 18.2 Å². The fourth-order valence-electron chi connectivity index (χ4n) is 1.88. The molecule has 0 saturated carbocycles. The van der Waals surface area contributed by atoms with Crippen molar-refractivity contribution >= 4 is 0 Å². The molecule has 0 heterocycles. The number of rotatable bonds is 6. The molecule has 0 aliphatic carbocycles. The molecule has 0 N–H and O–H groups in total. The Labute approximate surface area is 103 Å². The number of nitrogens with zero attached hydrogens (tertiary/aromatic N) is 1. The molecule has 0 radical (unpaired) electrons. The fraction of sp³-hybridized carbons (Fsp3) is 0.500. The molecule has 0 aromatic heterocycles. The molecule has 1 atom stereocenters. The monoisotopic (exact) mass is 233 g/mol. The van der Waals surface area contributed by atoms with Gasteiger partial charge in [-0.15, -0.1) is 0 Å². The van der Waals surface area contributed by atoms with Gasteiger partial charge < -0.3 is 9.47 Å². The summed E-state index contributed by atoms with van der Waals surface area (Å²) in [4.78, 5) is 0. The minimum atomic E-state index is -0.125. The number of hydrogen-bond acceptors (Lipinski definition) is 3. The molecular formula is C14H19NO2. The molecule has 3 nitrogen and oxygen atoms in total. The molecule has 92 valence electrons. The van der Waals surface area contributed by atoms with E-state index in [9.17, 15) is 5.26 Å². The second kappa shape index (κ2) is 6.80. The predicted octanol–water partition coefficient (Wildman–Crippen LogP) is 3.50. The quantitative estimate of drug-likeness (QED) is 0.755. The van der Waals surface area contributed by atoms with Crippen LogP contribution in [0.25, 0.3) is 0 Å². The number of ether oxygens (including phenoxy) is 2. The van der Waals surface area contributed by atoms with Gasteiger partial charge in [-0.25, -0.2) is 0 Å². The first-order valence-corrected chi connectivity index (χ1v) is 5.89. The Morgan fingerprint density at radius 3 is 2.59 bits per heavy atom. The Hall–Kier alpha value is -1.69. The molecule has 0 aliphatic rings. The molecule has 1 aromatic carbocycles. The van der Waals surface area contributed by atoms with E-state index in [1.807, 2.05) is 18.2 Å². The number of nitriles is 1. The fourth-order valence-corrected chi connectivity index (χ4v) is 1.88. The van der Waals surface area contributed by atoms with Gasteiger partial charge in [-0.1, -0.05) is 31.9 Å². The van der Waals surface area contributed by atoms with Crippen LogP contribution in [-0.4, -0.2) is 14.2 Å². The lowest BCUT2D eigenvalue weighted by atomic mass is 9.94. The van der Waals surface area contributed by atoms with Crippen molar-refractivity contribution in [2.45, 2.75) is 32.1 Å². The van der Waals surface area contributed by atoms with E-state index in [0.29, 0.717) is 11.5 Å². The first kappa shape index (κ1) is 13.4. The van der Waals surface area contributed by atoms with E-state index in [0.717, 1.165) is 24.8 Å². The maximum Gasteiger partial charge on any atom is 0.165 e. The molecule has 17 heavy (non-hydrogen) atoms. The van der Waals surface area contributed by atoms with Crippen LogP contribution >= 0.6 is 0 Å². The van der Waals surface area contributed by atoms with Crippen LogP contribution in [-0.2, 0) is 0 Å². The topological polar surface area (TPSA) is 42.2 Å². The summed E-state index contributed by atoms with van der Waals surface area (Å²) in [5, 5.41) is 9.24. The average Bonchev–Trinajstić information content (AvgIpc) is 2.39. The maximum absolute atomic E-state index is 9.24. The van der Waals surface area contributed by atoms with Crippen molar-refractivity contribution in [3.05, 3.63) is 23.8 Å². The lowest BCUT2D eigenvalue weighted by molar-refractivity contribution is 0.350. The summed E-state index contributed by atoms with van der Waals surface area (Å²) in [7, 11) is 3.21. The molecular weight excluding hydrogens is 214 g/mol. The highest BCUT2D eigenvalue weighted by Gasteiger charge is 2.18. The summed E-state index contributed by atoms with van der Waals surface area (Å²) in [6, 6.07) is 8.02. The minimum absolute atomic E-state index is 0.125. The van der Waals surface area contributed by atoms with Crippen LogP contribution < -0.4 is 9.47 Å². The summed E-state index contributed by atoms with van der Waals surface area (Å²) >= 11 is 0. The van der Waals surface area contributed by atoms with E-state index in [-0.39, 0.29) is 5.92 Å². The molecule has 0 spiro atoms. The highest BCUT2D eigenvalue weighted by Crippen LogP contribution is 2.36. The molecule has 3 heteroatoms.